The molecule has 1 N–H and O–H groups in total. The number of aliphatic hydroxyl groups is 1. The molecule has 0 aliphatic rings. The summed E-state index contributed by atoms with van der Waals surface area (Å²) in [5.41, 5.74) is 0.107. The van der Waals surface area contributed by atoms with E-state index in [9.17, 15) is 17.2 Å². The Bertz CT molecular complexity index is 506. The van der Waals surface area contributed by atoms with Crippen LogP contribution >= 0.6 is 0 Å². The number of ether oxygens (including phenoxy) is 1. The average molecular weight is 294 g/mol. The quantitative estimate of drug-likeness (QED) is 0.777. The minimum atomic E-state index is -3.11. The maximum Gasteiger partial charge on any atom is 0.190 e. The Labute approximate surface area is 110 Å². The lowest BCUT2D eigenvalue weighted by Crippen LogP contribution is -2.12. The van der Waals surface area contributed by atoms with Crippen LogP contribution in [-0.4, -0.2) is 31.6 Å². The van der Waals surface area contributed by atoms with Gasteiger partial charge in [0, 0.05) is 5.75 Å². The largest absolute Gasteiger partial charge is 0.488 e. The molecule has 0 fully saturated rings. The number of hydrogen-bond acceptors (Lipinski definition) is 4. The third-order valence-electron chi connectivity index (χ3n) is 2.53. The van der Waals surface area contributed by atoms with Gasteiger partial charge in [-0.3, -0.25) is 0 Å². The molecule has 0 spiro atoms. The smallest absolute Gasteiger partial charge is 0.190 e. The van der Waals surface area contributed by atoms with Crippen molar-refractivity contribution < 1.29 is 27.0 Å². The maximum atomic E-state index is 13.4. The molecule has 0 heterocycles. The van der Waals surface area contributed by atoms with E-state index in [1.165, 1.54) is 6.92 Å². The second-order valence-corrected chi connectivity index (χ2v) is 6.46. The van der Waals surface area contributed by atoms with Crippen molar-refractivity contribution in [2.45, 2.75) is 20.0 Å². The van der Waals surface area contributed by atoms with Crippen molar-refractivity contribution in [3.05, 3.63) is 29.3 Å². The zero-order valence-corrected chi connectivity index (χ0v) is 11.3. The number of aliphatic hydroxyl groups excluding tert-OH is 1. The molecular formula is C12H16F2O4S. The monoisotopic (exact) mass is 294 g/mol. The first-order valence-electron chi connectivity index (χ1n) is 5.81. The zero-order valence-electron chi connectivity index (χ0n) is 10.5. The van der Waals surface area contributed by atoms with Crippen molar-refractivity contribution in [3.63, 3.8) is 0 Å². The molecule has 1 aromatic carbocycles. The number of halogens is 2. The summed E-state index contributed by atoms with van der Waals surface area (Å²) < 4.78 is 54.2. The SMILES string of the molecule is CCS(=O)(=O)CCCOc1c(F)cc(CO)cc1F. The molecule has 0 aromatic heterocycles. The third kappa shape index (κ3) is 4.76. The van der Waals surface area contributed by atoms with Crippen molar-refractivity contribution in [2.75, 3.05) is 18.1 Å². The average Bonchev–Trinajstić information content (AvgIpc) is 2.36. The van der Waals surface area contributed by atoms with Gasteiger partial charge in [0.15, 0.2) is 17.4 Å². The van der Waals surface area contributed by atoms with Gasteiger partial charge < -0.3 is 9.84 Å². The predicted molar refractivity (Wildman–Crippen MR) is 66.7 cm³/mol. The molecule has 4 nitrogen and oxygen atoms in total. The van der Waals surface area contributed by atoms with Crippen LogP contribution in [0.15, 0.2) is 12.1 Å². The highest BCUT2D eigenvalue weighted by Gasteiger charge is 2.13. The summed E-state index contributed by atoms with van der Waals surface area (Å²) in [7, 11) is -3.11. The van der Waals surface area contributed by atoms with Crippen molar-refractivity contribution in [1.82, 2.24) is 0 Å². The molecule has 108 valence electrons. The van der Waals surface area contributed by atoms with Crippen LogP contribution in [-0.2, 0) is 16.4 Å². The molecule has 0 saturated heterocycles. The first-order chi connectivity index (χ1) is 8.89. The van der Waals surface area contributed by atoms with Crippen LogP contribution in [0.1, 0.15) is 18.9 Å². The van der Waals surface area contributed by atoms with E-state index in [-0.39, 0.29) is 30.1 Å². The van der Waals surface area contributed by atoms with Gasteiger partial charge in [-0.1, -0.05) is 6.92 Å². The number of sulfone groups is 1. The molecule has 7 heteroatoms. The minimum Gasteiger partial charge on any atom is -0.488 e. The number of rotatable bonds is 7. The van der Waals surface area contributed by atoms with Gasteiger partial charge in [-0.2, -0.15) is 0 Å². The summed E-state index contributed by atoms with van der Waals surface area (Å²) in [6.07, 6.45) is 0.163. The van der Waals surface area contributed by atoms with Gasteiger partial charge >= 0.3 is 0 Å². The van der Waals surface area contributed by atoms with Crippen LogP contribution in [0.2, 0.25) is 0 Å². The van der Waals surface area contributed by atoms with Gasteiger partial charge in [0.2, 0.25) is 0 Å². The van der Waals surface area contributed by atoms with E-state index in [4.69, 9.17) is 9.84 Å². The van der Waals surface area contributed by atoms with E-state index in [1.54, 1.807) is 0 Å². The standard InChI is InChI=1S/C12H16F2O4S/c1-2-19(16,17)5-3-4-18-12-10(13)6-9(8-15)7-11(12)14/h6-7,15H,2-5,8H2,1H3. The van der Waals surface area contributed by atoms with Crippen LogP contribution in [0.5, 0.6) is 5.75 Å². The van der Waals surface area contributed by atoms with Gasteiger partial charge in [-0.05, 0) is 24.1 Å². The Balaban J connectivity index is 2.59. The molecule has 0 amide bonds. The van der Waals surface area contributed by atoms with E-state index in [1.807, 2.05) is 0 Å². The Hall–Kier alpha value is -1.21. The van der Waals surface area contributed by atoms with E-state index < -0.39 is 33.8 Å². The fraction of sp³-hybridized carbons (Fsp3) is 0.500. The lowest BCUT2D eigenvalue weighted by molar-refractivity contribution is 0.272. The Morgan fingerprint density at radius 2 is 1.84 bits per heavy atom. The molecule has 0 unspecified atom stereocenters. The number of hydrogen-bond donors (Lipinski definition) is 1. The Kier molecular flexibility index (Phi) is 5.68. The van der Waals surface area contributed by atoms with Gasteiger partial charge in [0.05, 0.1) is 19.0 Å². The molecule has 0 atom stereocenters. The Morgan fingerprint density at radius 1 is 1.26 bits per heavy atom. The van der Waals surface area contributed by atoms with E-state index in [2.05, 4.69) is 0 Å². The molecule has 0 bridgehead atoms. The fourth-order valence-electron chi connectivity index (χ4n) is 1.44. The molecule has 0 radical (unpaired) electrons. The van der Waals surface area contributed by atoms with Crippen molar-refractivity contribution >= 4 is 9.84 Å². The molecule has 0 aliphatic heterocycles. The first-order valence-corrected chi connectivity index (χ1v) is 7.63. The normalized spacial score (nSPS) is 11.6. The molecule has 0 aliphatic carbocycles. The van der Waals surface area contributed by atoms with E-state index in [0.29, 0.717) is 0 Å². The van der Waals surface area contributed by atoms with Crippen molar-refractivity contribution in [3.8, 4) is 5.75 Å². The molecular weight excluding hydrogens is 278 g/mol. The van der Waals surface area contributed by atoms with Gasteiger partial charge in [-0.15, -0.1) is 0 Å². The lowest BCUT2D eigenvalue weighted by atomic mass is 10.2. The Morgan fingerprint density at radius 3 is 2.32 bits per heavy atom. The summed E-state index contributed by atoms with van der Waals surface area (Å²) >= 11 is 0. The topological polar surface area (TPSA) is 63.6 Å². The predicted octanol–water partition coefficient (Wildman–Crippen LogP) is 1.66. The summed E-state index contributed by atoms with van der Waals surface area (Å²) in [4.78, 5) is 0. The molecule has 19 heavy (non-hydrogen) atoms. The second kappa shape index (κ2) is 6.81. The van der Waals surface area contributed by atoms with Gasteiger partial charge in [0.1, 0.15) is 9.84 Å². The zero-order chi connectivity index (χ0) is 14.5. The summed E-state index contributed by atoms with van der Waals surface area (Å²) in [5.74, 6) is -2.43. The van der Waals surface area contributed by atoms with Crippen LogP contribution in [0, 0.1) is 11.6 Å². The van der Waals surface area contributed by atoms with Crippen LogP contribution in [0.4, 0.5) is 8.78 Å². The number of benzene rings is 1. The van der Waals surface area contributed by atoms with Crippen molar-refractivity contribution in [2.24, 2.45) is 0 Å². The highest BCUT2D eigenvalue weighted by Crippen LogP contribution is 2.23. The summed E-state index contributed by atoms with van der Waals surface area (Å²) in [6.45, 7) is 0.970. The maximum absolute atomic E-state index is 13.4. The van der Waals surface area contributed by atoms with E-state index in [0.717, 1.165) is 12.1 Å². The summed E-state index contributed by atoms with van der Waals surface area (Å²) in [6, 6.07) is 1.95. The fourth-order valence-corrected chi connectivity index (χ4v) is 2.29. The van der Waals surface area contributed by atoms with Crippen LogP contribution < -0.4 is 4.74 Å². The molecule has 0 saturated carbocycles. The highest BCUT2D eigenvalue weighted by atomic mass is 32.2. The molecule has 1 rings (SSSR count). The second-order valence-electron chi connectivity index (χ2n) is 3.99. The van der Waals surface area contributed by atoms with Crippen molar-refractivity contribution in [1.29, 1.82) is 0 Å². The van der Waals surface area contributed by atoms with Gasteiger partial charge in [0.25, 0.3) is 0 Å². The minimum absolute atomic E-state index is 0.0287. The third-order valence-corrected chi connectivity index (χ3v) is 4.32. The first kappa shape index (κ1) is 15.8. The van der Waals surface area contributed by atoms with Crippen LogP contribution in [0.25, 0.3) is 0 Å². The molecule has 1 aromatic rings. The summed E-state index contributed by atoms with van der Waals surface area (Å²) in [5, 5.41) is 8.77. The van der Waals surface area contributed by atoms with Gasteiger partial charge in [-0.25, -0.2) is 17.2 Å². The van der Waals surface area contributed by atoms with Crippen LogP contribution in [0.3, 0.4) is 0 Å². The van der Waals surface area contributed by atoms with E-state index >= 15 is 0 Å². The lowest BCUT2D eigenvalue weighted by Gasteiger charge is -2.09. The highest BCUT2D eigenvalue weighted by molar-refractivity contribution is 7.91.